The standard InChI is InChI=1S/C18H21NO2S/c1-19(13-15-7-2-4-9-17(15)20)11-6-12-22-14-16-8-3-5-10-18(16)21/h2-5,7-10,13,21H,6,11-12,14H2,1H3/p+1. The highest BCUT2D eigenvalue weighted by atomic mass is 32.2. The molecule has 0 aliphatic heterocycles. The Morgan fingerprint density at radius 3 is 2.41 bits per heavy atom. The zero-order valence-corrected chi connectivity index (χ0v) is 13.6. The van der Waals surface area contributed by atoms with Crippen LogP contribution in [-0.4, -0.2) is 40.3 Å². The number of hydrogen-bond donors (Lipinski definition) is 2. The minimum Gasteiger partial charge on any atom is -0.508 e. The predicted molar refractivity (Wildman–Crippen MR) is 93.2 cm³/mol. The van der Waals surface area contributed by atoms with Gasteiger partial charge in [-0.3, -0.25) is 0 Å². The third-order valence-corrected chi connectivity index (χ3v) is 4.44. The van der Waals surface area contributed by atoms with E-state index >= 15 is 0 Å². The topological polar surface area (TPSA) is 43.5 Å². The average molecular weight is 316 g/mol. The summed E-state index contributed by atoms with van der Waals surface area (Å²) in [6.45, 7) is 0.933. The Labute approximate surface area is 135 Å². The number of rotatable bonds is 7. The third kappa shape index (κ3) is 5.11. The van der Waals surface area contributed by atoms with E-state index in [1.165, 1.54) is 0 Å². The highest BCUT2D eigenvalue weighted by Gasteiger charge is 2.03. The molecule has 0 aromatic heterocycles. The largest absolute Gasteiger partial charge is 0.508 e. The van der Waals surface area contributed by atoms with Gasteiger partial charge in [-0.05, 0) is 24.0 Å². The quantitative estimate of drug-likeness (QED) is 0.467. The monoisotopic (exact) mass is 316 g/mol. The fraction of sp³-hybridized carbons (Fsp3) is 0.278. The van der Waals surface area contributed by atoms with Crippen LogP contribution in [0.4, 0.5) is 0 Å². The number of para-hydroxylation sites is 2. The highest BCUT2D eigenvalue weighted by molar-refractivity contribution is 7.98. The molecule has 0 unspecified atom stereocenters. The number of phenolic OH excluding ortho intramolecular Hbond substituents is 2. The van der Waals surface area contributed by atoms with E-state index in [4.69, 9.17) is 0 Å². The van der Waals surface area contributed by atoms with Crippen molar-refractivity contribution < 1.29 is 14.8 Å². The van der Waals surface area contributed by atoms with E-state index in [0.717, 1.165) is 35.6 Å². The van der Waals surface area contributed by atoms with Gasteiger partial charge in [-0.25, -0.2) is 4.58 Å². The molecule has 22 heavy (non-hydrogen) atoms. The summed E-state index contributed by atoms with van der Waals surface area (Å²) in [5.74, 6) is 2.55. The van der Waals surface area contributed by atoms with Gasteiger partial charge in [-0.15, -0.1) is 0 Å². The van der Waals surface area contributed by atoms with Crippen LogP contribution in [0.3, 0.4) is 0 Å². The smallest absolute Gasteiger partial charge is 0.174 e. The van der Waals surface area contributed by atoms with Crippen LogP contribution < -0.4 is 0 Å². The van der Waals surface area contributed by atoms with E-state index in [-0.39, 0.29) is 0 Å². The molecule has 3 nitrogen and oxygen atoms in total. The number of aromatic hydroxyl groups is 2. The number of nitrogens with zero attached hydrogens (tertiary/aromatic N) is 1. The number of benzene rings is 2. The van der Waals surface area contributed by atoms with Crippen LogP contribution in [0.5, 0.6) is 11.5 Å². The molecule has 0 heterocycles. The van der Waals surface area contributed by atoms with Crippen LogP contribution in [-0.2, 0) is 5.75 Å². The summed E-state index contributed by atoms with van der Waals surface area (Å²) in [7, 11) is 2.01. The summed E-state index contributed by atoms with van der Waals surface area (Å²) in [6, 6.07) is 14.8. The van der Waals surface area contributed by atoms with Crippen molar-refractivity contribution in [2.24, 2.45) is 0 Å². The van der Waals surface area contributed by atoms with Gasteiger partial charge < -0.3 is 10.2 Å². The normalized spacial score (nSPS) is 11.6. The molecule has 4 heteroatoms. The molecule has 0 bridgehead atoms. The van der Waals surface area contributed by atoms with Crippen molar-refractivity contribution in [1.29, 1.82) is 0 Å². The molecule has 116 valence electrons. The Balaban J connectivity index is 1.73. The molecule has 0 aliphatic rings. The lowest BCUT2D eigenvalue weighted by molar-refractivity contribution is -0.491. The first-order valence-corrected chi connectivity index (χ1v) is 8.50. The SMILES string of the molecule is C[N+](=Cc1ccccc1O)CCCSCc1ccccc1O. The summed E-state index contributed by atoms with van der Waals surface area (Å²) >= 11 is 1.82. The van der Waals surface area contributed by atoms with Gasteiger partial charge in [0.25, 0.3) is 0 Å². The zero-order chi connectivity index (χ0) is 15.8. The molecule has 0 aliphatic carbocycles. The van der Waals surface area contributed by atoms with E-state index < -0.39 is 0 Å². The van der Waals surface area contributed by atoms with Crippen molar-refractivity contribution in [1.82, 2.24) is 0 Å². The van der Waals surface area contributed by atoms with Crippen molar-refractivity contribution in [2.45, 2.75) is 12.2 Å². The van der Waals surface area contributed by atoms with Crippen molar-refractivity contribution >= 4 is 18.0 Å². The van der Waals surface area contributed by atoms with Gasteiger partial charge in [0.05, 0.1) is 5.56 Å². The Hall–Kier alpha value is -1.94. The van der Waals surface area contributed by atoms with E-state index in [1.807, 2.05) is 61.4 Å². The third-order valence-electron chi connectivity index (χ3n) is 3.34. The molecular formula is C18H22NO2S+. The second-order valence-corrected chi connectivity index (χ2v) is 6.31. The molecular weight excluding hydrogens is 294 g/mol. The summed E-state index contributed by atoms with van der Waals surface area (Å²) in [4.78, 5) is 0. The maximum atomic E-state index is 9.74. The van der Waals surface area contributed by atoms with Gasteiger partial charge in [0.1, 0.15) is 25.1 Å². The van der Waals surface area contributed by atoms with Crippen LogP contribution in [0, 0.1) is 0 Å². The molecule has 2 rings (SSSR count). The molecule has 0 atom stereocenters. The molecule has 2 aromatic rings. The number of hydrogen-bond acceptors (Lipinski definition) is 3. The number of phenols is 2. The minimum absolute atomic E-state index is 0.309. The first kappa shape index (κ1) is 16.4. The van der Waals surface area contributed by atoms with E-state index in [1.54, 1.807) is 12.1 Å². The molecule has 0 radical (unpaired) electrons. The Morgan fingerprint density at radius 1 is 1.00 bits per heavy atom. The lowest BCUT2D eigenvalue weighted by Crippen LogP contribution is -2.10. The second-order valence-electron chi connectivity index (χ2n) is 5.20. The second kappa shape index (κ2) is 8.49. The van der Waals surface area contributed by atoms with Gasteiger partial charge in [0.2, 0.25) is 0 Å². The first-order chi connectivity index (χ1) is 10.7. The maximum Gasteiger partial charge on any atom is 0.174 e. The predicted octanol–water partition coefficient (Wildman–Crippen LogP) is 3.48. The van der Waals surface area contributed by atoms with Gasteiger partial charge in [-0.2, -0.15) is 11.8 Å². The van der Waals surface area contributed by atoms with E-state index in [0.29, 0.717) is 11.5 Å². The average Bonchev–Trinajstić information content (AvgIpc) is 2.51. The summed E-state index contributed by atoms with van der Waals surface area (Å²) in [6.07, 6.45) is 3.02. The Morgan fingerprint density at radius 2 is 1.68 bits per heavy atom. The molecule has 2 aromatic carbocycles. The summed E-state index contributed by atoms with van der Waals surface area (Å²) in [5, 5.41) is 19.4. The lowest BCUT2D eigenvalue weighted by Gasteiger charge is -2.04. The lowest BCUT2D eigenvalue weighted by atomic mass is 10.2. The van der Waals surface area contributed by atoms with Crippen molar-refractivity contribution in [3.63, 3.8) is 0 Å². The molecule has 0 amide bonds. The van der Waals surface area contributed by atoms with E-state index in [2.05, 4.69) is 4.58 Å². The van der Waals surface area contributed by atoms with Crippen LogP contribution in [0.2, 0.25) is 0 Å². The maximum absolute atomic E-state index is 9.74. The van der Waals surface area contributed by atoms with Crippen molar-refractivity contribution in [2.75, 3.05) is 19.3 Å². The highest BCUT2D eigenvalue weighted by Crippen LogP contribution is 2.21. The Kier molecular flexibility index (Phi) is 6.34. The zero-order valence-electron chi connectivity index (χ0n) is 12.8. The van der Waals surface area contributed by atoms with Gasteiger partial charge in [-0.1, -0.05) is 30.3 Å². The van der Waals surface area contributed by atoms with Crippen molar-refractivity contribution in [3.8, 4) is 11.5 Å². The molecule has 0 saturated heterocycles. The van der Waals surface area contributed by atoms with Gasteiger partial charge in [0.15, 0.2) is 6.21 Å². The van der Waals surface area contributed by atoms with Crippen LogP contribution >= 0.6 is 11.8 Å². The van der Waals surface area contributed by atoms with Crippen LogP contribution in [0.25, 0.3) is 0 Å². The van der Waals surface area contributed by atoms with Crippen LogP contribution in [0.1, 0.15) is 17.5 Å². The van der Waals surface area contributed by atoms with Crippen molar-refractivity contribution in [3.05, 3.63) is 59.7 Å². The van der Waals surface area contributed by atoms with Gasteiger partial charge >= 0.3 is 0 Å². The molecule has 0 spiro atoms. The molecule has 2 N–H and O–H groups in total. The molecule has 0 fully saturated rings. The van der Waals surface area contributed by atoms with E-state index in [9.17, 15) is 10.2 Å². The van der Waals surface area contributed by atoms with Gasteiger partial charge in [0, 0.05) is 17.7 Å². The fourth-order valence-electron chi connectivity index (χ4n) is 2.13. The summed E-state index contributed by atoms with van der Waals surface area (Å²) in [5.41, 5.74) is 1.83. The fourth-order valence-corrected chi connectivity index (χ4v) is 3.07. The first-order valence-electron chi connectivity index (χ1n) is 7.34. The van der Waals surface area contributed by atoms with Crippen LogP contribution in [0.15, 0.2) is 48.5 Å². The minimum atomic E-state index is 0.309. The Bertz CT molecular complexity index is 640. The number of thioether (sulfide) groups is 1. The molecule has 0 saturated carbocycles. The summed E-state index contributed by atoms with van der Waals surface area (Å²) < 4.78 is 2.09.